The molecule has 0 fully saturated rings. The normalized spacial score (nSPS) is 12.2. The summed E-state index contributed by atoms with van der Waals surface area (Å²) in [6, 6.07) is 2.61. The molecule has 228 valence electrons. The number of alkyl halides is 6. The number of carbonyl (C=O) groups is 2. The van der Waals surface area contributed by atoms with Crippen molar-refractivity contribution >= 4 is 29.2 Å². The van der Waals surface area contributed by atoms with Gasteiger partial charge in [-0.25, -0.2) is 4.79 Å². The average molecular weight is 617 g/mol. The monoisotopic (exact) mass is 616 g/mol. The lowest BCUT2D eigenvalue weighted by molar-refractivity contribution is -0.160. The number of hydrogen-bond acceptors (Lipinski definition) is 7. The van der Waals surface area contributed by atoms with E-state index < -0.39 is 63.8 Å². The first-order chi connectivity index (χ1) is 18.9. The molecular formula is C25H27ClF6N2O7. The fourth-order valence-electron chi connectivity index (χ4n) is 3.10. The quantitative estimate of drug-likeness (QED) is 0.205. The molecule has 0 unspecified atom stereocenters. The van der Waals surface area contributed by atoms with Gasteiger partial charge in [-0.3, -0.25) is 9.59 Å². The molecule has 1 aromatic carbocycles. The summed E-state index contributed by atoms with van der Waals surface area (Å²) in [4.78, 5) is 36.2. The average Bonchev–Trinajstić information content (AvgIpc) is 2.81. The molecule has 0 aliphatic carbocycles. The first kappa shape index (κ1) is 33.9. The van der Waals surface area contributed by atoms with Gasteiger partial charge in [0.25, 0.3) is 5.56 Å². The second kappa shape index (κ2) is 14.0. The van der Waals surface area contributed by atoms with Crippen molar-refractivity contribution in [3.05, 3.63) is 57.0 Å². The van der Waals surface area contributed by atoms with Crippen molar-refractivity contribution < 1.29 is 54.9 Å². The van der Waals surface area contributed by atoms with Crippen molar-refractivity contribution in [2.24, 2.45) is 0 Å². The molecule has 9 nitrogen and oxygen atoms in total. The van der Waals surface area contributed by atoms with Crippen LogP contribution < -0.4 is 15.6 Å². The van der Waals surface area contributed by atoms with Gasteiger partial charge in [0, 0.05) is 6.20 Å². The number of hydrogen-bond donors (Lipinski definition) is 1. The van der Waals surface area contributed by atoms with Crippen LogP contribution in [0.1, 0.15) is 31.9 Å². The summed E-state index contributed by atoms with van der Waals surface area (Å²) in [6.45, 7) is 3.71. The summed E-state index contributed by atoms with van der Waals surface area (Å²) in [7, 11) is 0. The minimum Gasteiger partial charge on any atom is -0.489 e. The van der Waals surface area contributed by atoms with Gasteiger partial charge in [-0.15, -0.1) is 0 Å². The number of anilines is 1. The third-order valence-electron chi connectivity index (χ3n) is 4.76. The Bertz CT molecular complexity index is 1270. The maximum Gasteiger partial charge on any atom is 0.417 e. The smallest absolute Gasteiger partial charge is 0.417 e. The molecule has 16 heteroatoms. The van der Waals surface area contributed by atoms with Gasteiger partial charge in [-0.1, -0.05) is 11.6 Å². The van der Waals surface area contributed by atoms with Crippen LogP contribution in [0, 0.1) is 0 Å². The fraction of sp³-hybridized carbons (Fsp3) is 0.480. The first-order valence-electron chi connectivity index (χ1n) is 11.9. The molecule has 1 amide bonds. The highest BCUT2D eigenvalue weighted by atomic mass is 35.5. The maximum absolute atomic E-state index is 13.2. The van der Waals surface area contributed by atoms with Crippen LogP contribution in [0.2, 0.25) is 5.02 Å². The maximum atomic E-state index is 13.2. The van der Waals surface area contributed by atoms with E-state index in [1.807, 2.05) is 0 Å². The van der Waals surface area contributed by atoms with Gasteiger partial charge in [0.15, 0.2) is 0 Å². The summed E-state index contributed by atoms with van der Waals surface area (Å²) in [5.74, 6) is -1.88. The molecule has 41 heavy (non-hydrogen) atoms. The Labute approximate surface area is 235 Å². The van der Waals surface area contributed by atoms with Crippen molar-refractivity contribution in [3.8, 4) is 5.75 Å². The van der Waals surface area contributed by atoms with E-state index in [0.717, 1.165) is 6.07 Å². The Balaban J connectivity index is 2.00. The molecule has 0 atom stereocenters. The zero-order valence-electron chi connectivity index (χ0n) is 22.1. The molecule has 0 spiro atoms. The van der Waals surface area contributed by atoms with Gasteiger partial charge < -0.3 is 28.8 Å². The van der Waals surface area contributed by atoms with E-state index in [2.05, 4.69) is 5.32 Å². The van der Waals surface area contributed by atoms with Crippen molar-refractivity contribution in [1.29, 1.82) is 0 Å². The highest BCUT2D eigenvalue weighted by Gasteiger charge is 2.33. The topological polar surface area (TPSA) is 105 Å². The molecule has 1 N–H and O–H groups in total. The number of halogens is 7. The lowest BCUT2D eigenvalue weighted by Crippen LogP contribution is -2.29. The molecule has 0 aliphatic heterocycles. The second-order valence-corrected chi connectivity index (χ2v) is 9.77. The number of amides is 1. The fourth-order valence-corrected chi connectivity index (χ4v) is 3.33. The van der Waals surface area contributed by atoms with Crippen LogP contribution in [-0.2, 0) is 42.7 Å². The molecule has 2 rings (SSSR count). The van der Waals surface area contributed by atoms with Gasteiger partial charge in [0.2, 0.25) is 5.91 Å². The van der Waals surface area contributed by atoms with Crippen LogP contribution in [0.25, 0.3) is 0 Å². The van der Waals surface area contributed by atoms with E-state index in [0.29, 0.717) is 29.0 Å². The van der Waals surface area contributed by atoms with Crippen LogP contribution >= 0.6 is 11.6 Å². The molecule has 2 aromatic rings. The SMILES string of the molecule is CC(C)(C)OC(=O)COCCOCCOc1ccc(C(F)(F)F)cc1NC(=O)Cn1cc(C(F)(F)F)cc(Cl)c1=O. The minimum atomic E-state index is -4.87. The van der Waals surface area contributed by atoms with Gasteiger partial charge in [0.05, 0.1) is 36.6 Å². The number of carbonyl (C=O) groups excluding carboxylic acids is 2. The number of nitrogens with zero attached hydrogens (tertiary/aromatic N) is 1. The Kier molecular flexibility index (Phi) is 11.6. The van der Waals surface area contributed by atoms with Crippen molar-refractivity contribution in [2.45, 2.75) is 45.3 Å². The van der Waals surface area contributed by atoms with Crippen molar-refractivity contribution in [3.63, 3.8) is 0 Å². The van der Waals surface area contributed by atoms with Gasteiger partial charge in [-0.2, -0.15) is 26.3 Å². The highest BCUT2D eigenvalue weighted by Crippen LogP contribution is 2.35. The molecule has 0 aliphatic rings. The van der Waals surface area contributed by atoms with Crippen LogP contribution in [0.4, 0.5) is 32.0 Å². The number of ether oxygens (including phenoxy) is 4. The van der Waals surface area contributed by atoms with E-state index in [-0.39, 0.29) is 38.8 Å². The van der Waals surface area contributed by atoms with Crippen LogP contribution in [0.15, 0.2) is 35.3 Å². The largest absolute Gasteiger partial charge is 0.489 e. The van der Waals surface area contributed by atoms with Crippen LogP contribution in [0.3, 0.4) is 0 Å². The molecule has 0 saturated heterocycles. The highest BCUT2D eigenvalue weighted by molar-refractivity contribution is 6.30. The Morgan fingerprint density at radius 1 is 0.902 bits per heavy atom. The lowest BCUT2D eigenvalue weighted by Gasteiger charge is -2.19. The van der Waals surface area contributed by atoms with Crippen molar-refractivity contribution in [1.82, 2.24) is 4.57 Å². The summed E-state index contributed by atoms with van der Waals surface area (Å²) in [5.41, 5.74) is -4.65. The standard InChI is InChI=1S/C25H27ClF6N2O7/c1-23(2,3)41-21(36)14-39-7-6-38-8-9-40-19-5-4-15(24(27,28)29)11-18(19)33-20(35)13-34-12-16(25(30,31)32)10-17(26)22(34)37/h4-5,10-12H,6-9,13-14H2,1-3H3,(H,33,35). The van der Waals surface area contributed by atoms with Gasteiger partial charge >= 0.3 is 18.3 Å². The first-order valence-corrected chi connectivity index (χ1v) is 12.2. The second-order valence-electron chi connectivity index (χ2n) is 9.36. The zero-order chi connectivity index (χ0) is 31.0. The third kappa shape index (κ3) is 11.6. The van der Waals surface area contributed by atoms with E-state index in [1.54, 1.807) is 20.8 Å². The molecule has 0 bridgehead atoms. The third-order valence-corrected chi connectivity index (χ3v) is 5.03. The molecule has 1 aromatic heterocycles. The lowest BCUT2D eigenvalue weighted by atomic mass is 10.1. The Morgan fingerprint density at radius 2 is 1.51 bits per heavy atom. The number of esters is 1. The van der Waals surface area contributed by atoms with Gasteiger partial charge in [-0.05, 0) is 45.0 Å². The minimum absolute atomic E-state index is 0.0414. The summed E-state index contributed by atoms with van der Waals surface area (Å²) in [6.07, 6.45) is -9.29. The predicted octanol–water partition coefficient (Wildman–Crippen LogP) is 4.93. The Morgan fingerprint density at radius 3 is 2.12 bits per heavy atom. The predicted molar refractivity (Wildman–Crippen MR) is 134 cm³/mol. The summed E-state index contributed by atoms with van der Waals surface area (Å²) >= 11 is 5.56. The van der Waals surface area contributed by atoms with E-state index >= 15 is 0 Å². The Hall–Kier alpha value is -3.30. The zero-order valence-corrected chi connectivity index (χ0v) is 22.8. The molecule has 0 radical (unpaired) electrons. The van der Waals surface area contributed by atoms with Crippen LogP contribution in [0.5, 0.6) is 5.75 Å². The number of nitrogens with one attached hydrogen (secondary N) is 1. The number of aromatic nitrogens is 1. The molecule has 1 heterocycles. The van der Waals surface area contributed by atoms with E-state index in [1.165, 1.54) is 0 Å². The van der Waals surface area contributed by atoms with E-state index in [9.17, 15) is 40.7 Å². The van der Waals surface area contributed by atoms with Crippen molar-refractivity contribution in [2.75, 3.05) is 38.4 Å². The summed E-state index contributed by atoms with van der Waals surface area (Å²) in [5, 5.41) is 1.32. The van der Waals surface area contributed by atoms with Crippen LogP contribution in [-0.4, -0.2) is 55.1 Å². The number of pyridine rings is 1. The molecule has 0 saturated carbocycles. The number of benzene rings is 1. The summed E-state index contributed by atoms with van der Waals surface area (Å²) < 4.78 is 100. The number of rotatable bonds is 12. The molecular weight excluding hydrogens is 590 g/mol. The van der Waals surface area contributed by atoms with E-state index in [4.69, 9.17) is 30.5 Å². The van der Waals surface area contributed by atoms with Gasteiger partial charge in [0.1, 0.15) is 36.1 Å².